The van der Waals surface area contributed by atoms with E-state index in [-0.39, 0.29) is 0 Å². The maximum Gasteiger partial charge on any atom is -0.00145 e. The predicted octanol–water partition coefficient (Wildman–Crippen LogP) is 4.36. The molecule has 0 radical (unpaired) electrons. The fraction of sp³-hybridized carbons (Fsp3) is 0.600. The van der Waals surface area contributed by atoms with Crippen molar-refractivity contribution >= 4 is 0 Å². The maximum absolute atomic E-state index is 4.33. The summed E-state index contributed by atoms with van der Waals surface area (Å²) < 4.78 is 0. The second kappa shape index (κ2) is 3.37. The van der Waals surface area contributed by atoms with Gasteiger partial charge in [-0.25, -0.2) is 0 Å². The number of rotatable bonds is 1. The van der Waals surface area contributed by atoms with E-state index >= 15 is 0 Å². The predicted molar refractivity (Wildman–Crippen MR) is 66.6 cm³/mol. The monoisotopic (exact) mass is 202 g/mol. The van der Waals surface area contributed by atoms with E-state index in [9.17, 15) is 0 Å². The van der Waals surface area contributed by atoms with E-state index in [1.165, 1.54) is 17.6 Å². The summed E-state index contributed by atoms with van der Waals surface area (Å²) in [6.07, 6.45) is 7.09. The van der Waals surface area contributed by atoms with Crippen LogP contribution >= 0.6 is 0 Å². The van der Waals surface area contributed by atoms with E-state index in [4.69, 9.17) is 0 Å². The molecule has 0 nitrogen and oxygen atoms in total. The summed E-state index contributed by atoms with van der Waals surface area (Å²) in [4.78, 5) is 0. The Balaban J connectivity index is 2.40. The van der Waals surface area contributed by atoms with Gasteiger partial charge in [0.05, 0.1) is 0 Å². The van der Waals surface area contributed by atoms with Gasteiger partial charge in [-0.2, -0.15) is 0 Å². The van der Waals surface area contributed by atoms with Crippen molar-refractivity contribution in [3.05, 3.63) is 36.5 Å². The molecular weight excluding hydrogens is 180 g/mol. The zero-order chi connectivity index (χ0) is 11.2. The molecule has 0 heteroatoms. The van der Waals surface area contributed by atoms with E-state index in [1.54, 1.807) is 0 Å². The Labute approximate surface area is 93.8 Å². The summed E-state index contributed by atoms with van der Waals surface area (Å²) >= 11 is 0. The van der Waals surface area contributed by atoms with Crippen molar-refractivity contribution in [1.29, 1.82) is 0 Å². The van der Waals surface area contributed by atoms with Gasteiger partial charge in [0.2, 0.25) is 0 Å². The lowest BCUT2D eigenvalue weighted by Crippen LogP contribution is -2.42. The van der Waals surface area contributed by atoms with Gasteiger partial charge in [0.15, 0.2) is 0 Å². The maximum atomic E-state index is 4.33. The molecule has 82 valence electrons. The first kappa shape index (κ1) is 10.7. The van der Waals surface area contributed by atoms with Gasteiger partial charge in [-0.05, 0) is 42.9 Å². The topological polar surface area (TPSA) is 0 Å². The van der Waals surface area contributed by atoms with E-state index in [1.807, 2.05) is 0 Å². The van der Waals surface area contributed by atoms with Gasteiger partial charge in [0.1, 0.15) is 0 Å². The van der Waals surface area contributed by atoms with Crippen molar-refractivity contribution in [2.45, 2.75) is 33.6 Å². The zero-order valence-corrected chi connectivity index (χ0v) is 10.2. The Kier molecular flexibility index (Phi) is 2.41. The summed E-state index contributed by atoms with van der Waals surface area (Å²) in [5, 5.41) is 0. The molecule has 0 N–H and O–H groups in total. The Morgan fingerprint density at radius 2 is 2.20 bits per heavy atom. The Hall–Kier alpha value is -0.780. The first-order valence-corrected chi connectivity index (χ1v) is 5.98. The second-order valence-electron chi connectivity index (χ2n) is 5.66. The van der Waals surface area contributed by atoms with Crippen LogP contribution in [0.2, 0.25) is 0 Å². The van der Waals surface area contributed by atoms with Crippen molar-refractivity contribution in [3.63, 3.8) is 0 Å². The first-order valence-electron chi connectivity index (χ1n) is 5.98. The minimum Gasteiger partial charge on any atom is -0.0998 e. The lowest BCUT2D eigenvalue weighted by atomic mass is 9.53. The molecule has 2 aliphatic rings. The molecule has 0 amide bonds. The van der Waals surface area contributed by atoms with Crippen molar-refractivity contribution in [2.75, 3.05) is 0 Å². The van der Waals surface area contributed by atoms with Crippen LogP contribution in [0, 0.1) is 23.2 Å². The minimum atomic E-state index is 0.307. The molecule has 0 aromatic carbocycles. The smallest absolute Gasteiger partial charge is 0.00145 e. The quantitative estimate of drug-likeness (QED) is 0.554. The highest BCUT2D eigenvalue weighted by molar-refractivity contribution is 5.30. The second-order valence-corrected chi connectivity index (χ2v) is 5.66. The Morgan fingerprint density at radius 3 is 2.80 bits per heavy atom. The summed E-state index contributed by atoms with van der Waals surface area (Å²) in [6.45, 7) is 15.4. The van der Waals surface area contributed by atoms with Crippen LogP contribution in [0.15, 0.2) is 36.5 Å². The summed E-state index contributed by atoms with van der Waals surface area (Å²) in [7, 11) is 0. The molecule has 0 saturated heterocycles. The fourth-order valence-electron chi connectivity index (χ4n) is 3.40. The van der Waals surface area contributed by atoms with Crippen molar-refractivity contribution < 1.29 is 0 Å². The van der Waals surface area contributed by atoms with Crippen molar-refractivity contribution in [2.24, 2.45) is 23.2 Å². The van der Waals surface area contributed by atoms with Gasteiger partial charge in [-0.15, -0.1) is 0 Å². The van der Waals surface area contributed by atoms with Crippen LogP contribution in [0.25, 0.3) is 0 Å². The standard InChI is InChI=1S/C15H22/c1-10(2)14-9-13-7-6-8-15(5,11(13)3)12(14)4/h6-7,12-14H,1,3,8-9H2,2,4-5H3/t12-,13-,14-,15-/m0/s1. The van der Waals surface area contributed by atoms with E-state index in [2.05, 4.69) is 46.1 Å². The number of hydrogen-bond donors (Lipinski definition) is 0. The van der Waals surface area contributed by atoms with E-state index in [0.29, 0.717) is 23.2 Å². The van der Waals surface area contributed by atoms with Crippen LogP contribution in [0.5, 0.6) is 0 Å². The van der Waals surface area contributed by atoms with Gasteiger partial charge < -0.3 is 0 Å². The van der Waals surface area contributed by atoms with Gasteiger partial charge in [-0.3, -0.25) is 0 Å². The van der Waals surface area contributed by atoms with E-state index < -0.39 is 0 Å². The molecule has 0 aromatic heterocycles. The number of fused-ring (bicyclic) bond motifs is 2. The molecule has 0 spiro atoms. The van der Waals surface area contributed by atoms with E-state index in [0.717, 1.165) is 6.42 Å². The van der Waals surface area contributed by atoms with Crippen LogP contribution in [-0.4, -0.2) is 0 Å². The molecule has 2 rings (SSSR count). The molecular formula is C15H22. The lowest BCUT2D eigenvalue weighted by molar-refractivity contribution is 0.126. The molecule has 2 aliphatic carbocycles. The molecule has 1 fully saturated rings. The van der Waals surface area contributed by atoms with Gasteiger partial charge in [0, 0.05) is 0 Å². The fourth-order valence-corrected chi connectivity index (χ4v) is 3.40. The summed E-state index contributed by atoms with van der Waals surface area (Å²) in [6, 6.07) is 0. The average molecular weight is 202 g/mol. The third-order valence-corrected chi connectivity index (χ3v) is 4.84. The van der Waals surface area contributed by atoms with Gasteiger partial charge in [0.25, 0.3) is 0 Å². The van der Waals surface area contributed by atoms with Crippen LogP contribution in [-0.2, 0) is 0 Å². The molecule has 4 atom stereocenters. The molecule has 2 bridgehead atoms. The highest BCUT2D eigenvalue weighted by Gasteiger charge is 2.46. The third-order valence-electron chi connectivity index (χ3n) is 4.84. The molecule has 0 aliphatic heterocycles. The van der Waals surface area contributed by atoms with Crippen molar-refractivity contribution in [3.8, 4) is 0 Å². The Morgan fingerprint density at radius 1 is 1.53 bits per heavy atom. The highest BCUT2D eigenvalue weighted by Crippen LogP contribution is 2.55. The number of hydrogen-bond acceptors (Lipinski definition) is 0. The first-order chi connectivity index (χ1) is 6.97. The van der Waals surface area contributed by atoms with Crippen LogP contribution in [0.4, 0.5) is 0 Å². The largest absolute Gasteiger partial charge is 0.0998 e. The van der Waals surface area contributed by atoms with Gasteiger partial charge >= 0.3 is 0 Å². The number of allylic oxidation sites excluding steroid dienone is 4. The molecule has 1 saturated carbocycles. The summed E-state index contributed by atoms with van der Waals surface area (Å²) in [5.41, 5.74) is 3.11. The molecule has 15 heavy (non-hydrogen) atoms. The van der Waals surface area contributed by atoms with Crippen molar-refractivity contribution in [1.82, 2.24) is 0 Å². The average Bonchev–Trinajstić information content (AvgIpc) is 2.16. The van der Waals surface area contributed by atoms with Crippen LogP contribution in [0.3, 0.4) is 0 Å². The lowest BCUT2D eigenvalue weighted by Gasteiger charge is -2.51. The van der Waals surface area contributed by atoms with Gasteiger partial charge in [-0.1, -0.05) is 50.3 Å². The minimum absolute atomic E-state index is 0.307. The van der Waals surface area contributed by atoms with Crippen LogP contribution in [0.1, 0.15) is 33.6 Å². The third kappa shape index (κ3) is 1.42. The molecule has 0 aromatic rings. The molecule has 0 unspecified atom stereocenters. The zero-order valence-electron chi connectivity index (χ0n) is 10.2. The summed E-state index contributed by atoms with van der Waals surface area (Å²) in [5.74, 6) is 1.96. The van der Waals surface area contributed by atoms with Crippen LogP contribution < -0.4 is 0 Å². The highest BCUT2D eigenvalue weighted by atomic mass is 14.5. The SMILES string of the molecule is C=C(C)[C@@H]1C[C@@H]2C=CC[C@@](C)(C2=C)[C@H]1C. The molecule has 0 heterocycles. The Bertz CT molecular complexity index is 334. The normalized spacial score (nSPS) is 44.2.